The van der Waals surface area contributed by atoms with Crippen LogP contribution in [0.25, 0.3) is 0 Å². The molecule has 5 aliphatic carbocycles. The van der Waals surface area contributed by atoms with Gasteiger partial charge in [-0.1, -0.05) is 30.3 Å². The van der Waals surface area contributed by atoms with E-state index in [2.05, 4.69) is 35.3 Å². The van der Waals surface area contributed by atoms with Crippen molar-refractivity contribution >= 4 is 12.1 Å². The number of amides is 1. The summed E-state index contributed by atoms with van der Waals surface area (Å²) in [5.41, 5.74) is 7.40. The van der Waals surface area contributed by atoms with Crippen molar-refractivity contribution in [2.75, 3.05) is 13.7 Å². The SMILES string of the molecule is COCCC1C2CC3(c4ccccc4)CC1C(C(=O)/N=C/C1CCC(N)CC1)(C2)C3. The fourth-order valence-corrected chi connectivity index (χ4v) is 7.77. The van der Waals surface area contributed by atoms with Crippen LogP contribution in [0.5, 0.6) is 0 Å². The molecule has 5 aliphatic rings. The predicted octanol–water partition coefficient (Wildman–Crippen LogP) is 4.51. The maximum Gasteiger partial charge on any atom is 0.251 e. The molecular weight excluding hydrogens is 372 g/mol. The van der Waals surface area contributed by atoms with Crippen LogP contribution >= 0.6 is 0 Å². The average molecular weight is 409 g/mol. The molecule has 6 rings (SSSR count). The van der Waals surface area contributed by atoms with E-state index in [0.29, 0.717) is 29.7 Å². The first-order valence-corrected chi connectivity index (χ1v) is 11.9. The standard InChI is InChI=1S/C26H36N2O2/c1-30-12-11-22-19-13-25(20-5-3-2-4-6-20)15-23(22)26(14-19,17-25)24(29)28-16-18-7-9-21(27)10-8-18/h2-6,16,18-19,21-23H,7-15,17,27H2,1H3/b28-16+. The summed E-state index contributed by atoms with van der Waals surface area (Å²) < 4.78 is 5.43. The summed E-state index contributed by atoms with van der Waals surface area (Å²) in [6.45, 7) is 0.797. The lowest BCUT2D eigenvalue weighted by Crippen LogP contribution is -2.38. The summed E-state index contributed by atoms with van der Waals surface area (Å²) in [6.07, 6.45) is 11.7. The van der Waals surface area contributed by atoms with Gasteiger partial charge >= 0.3 is 0 Å². The number of carbonyl (C=O) groups excluding carboxylic acids is 1. The van der Waals surface area contributed by atoms with E-state index in [1.807, 2.05) is 6.21 Å². The van der Waals surface area contributed by atoms with Crippen molar-refractivity contribution < 1.29 is 9.53 Å². The third kappa shape index (κ3) is 3.27. The molecule has 2 N–H and O–H groups in total. The van der Waals surface area contributed by atoms with Crippen molar-refractivity contribution in [1.82, 2.24) is 0 Å². The maximum absolute atomic E-state index is 13.7. The number of aliphatic imine (C=N–C) groups is 1. The summed E-state index contributed by atoms with van der Waals surface area (Å²) in [4.78, 5) is 18.3. The van der Waals surface area contributed by atoms with Crippen LogP contribution in [0.2, 0.25) is 0 Å². The topological polar surface area (TPSA) is 64.7 Å². The van der Waals surface area contributed by atoms with Crippen LogP contribution in [0.3, 0.4) is 0 Å². The molecular formula is C26H36N2O2. The first-order chi connectivity index (χ1) is 14.6. The second kappa shape index (κ2) is 7.87. The number of carbonyl (C=O) groups is 1. The zero-order valence-electron chi connectivity index (χ0n) is 18.3. The van der Waals surface area contributed by atoms with E-state index >= 15 is 0 Å². The van der Waals surface area contributed by atoms with Crippen LogP contribution < -0.4 is 5.73 Å². The quantitative estimate of drug-likeness (QED) is 0.704. The predicted molar refractivity (Wildman–Crippen MR) is 119 cm³/mol. The monoisotopic (exact) mass is 408 g/mol. The van der Waals surface area contributed by atoms with Crippen LogP contribution in [0.1, 0.15) is 63.4 Å². The fourth-order valence-electron chi connectivity index (χ4n) is 7.77. The van der Waals surface area contributed by atoms with Crippen molar-refractivity contribution in [2.24, 2.45) is 39.8 Å². The van der Waals surface area contributed by atoms with E-state index in [9.17, 15) is 4.79 Å². The minimum atomic E-state index is -0.251. The van der Waals surface area contributed by atoms with Crippen LogP contribution in [0.4, 0.5) is 0 Å². The minimum absolute atomic E-state index is 0.168. The normalized spacial score (nSPS) is 42.3. The summed E-state index contributed by atoms with van der Waals surface area (Å²) >= 11 is 0. The highest BCUT2D eigenvalue weighted by molar-refractivity contribution is 5.91. The molecule has 162 valence electrons. The Bertz CT molecular complexity index is 801. The van der Waals surface area contributed by atoms with Crippen molar-refractivity contribution in [3.05, 3.63) is 35.9 Å². The van der Waals surface area contributed by atoms with Crippen molar-refractivity contribution in [3.8, 4) is 0 Å². The highest BCUT2D eigenvalue weighted by Gasteiger charge is 2.70. The molecule has 0 radical (unpaired) electrons. The molecule has 5 atom stereocenters. The highest BCUT2D eigenvalue weighted by Crippen LogP contribution is 2.73. The van der Waals surface area contributed by atoms with Gasteiger partial charge in [0.15, 0.2) is 0 Å². The Morgan fingerprint density at radius 2 is 1.93 bits per heavy atom. The lowest BCUT2D eigenvalue weighted by atomic mass is 9.61. The van der Waals surface area contributed by atoms with Gasteiger partial charge in [0.2, 0.25) is 0 Å². The summed E-state index contributed by atoms with van der Waals surface area (Å²) in [5, 5.41) is 0. The average Bonchev–Trinajstić information content (AvgIpc) is 3.14. The zero-order chi connectivity index (χ0) is 20.8. The van der Waals surface area contributed by atoms with Gasteiger partial charge in [-0.2, -0.15) is 0 Å². The second-order valence-electron chi connectivity index (χ2n) is 10.7. The van der Waals surface area contributed by atoms with Crippen molar-refractivity contribution in [1.29, 1.82) is 0 Å². The number of ether oxygens (including phenoxy) is 1. The van der Waals surface area contributed by atoms with Crippen molar-refractivity contribution in [2.45, 2.75) is 69.2 Å². The van der Waals surface area contributed by atoms with Gasteiger partial charge in [0.1, 0.15) is 0 Å². The molecule has 0 aromatic heterocycles. The lowest BCUT2D eigenvalue weighted by molar-refractivity contribution is -0.129. The Labute approximate surface area is 180 Å². The van der Waals surface area contributed by atoms with Gasteiger partial charge in [0.05, 0.1) is 5.41 Å². The van der Waals surface area contributed by atoms with Gasteiger partial charge in [-0.05, 0) is 92.4 Å². The molecule has 30 heavy (non-hydrogen) atoms. The molecule has 5 unspecified atom stereocenters. The smallest absolute Gasteiger partial charge is 0.251 e. The molecule has 4 nitrogen and oxygen atoms in total. The van der Waals surface area contributed by atoms with Gasteiger partial charge in [0.25, 0.3) is 5.91 Å². The third-order valence-corrected chi connectivity index (χ3v) is 9.06. The summed E-state index contributed by atoms with van der Waals surface area (Å²) in [6, 6.07) is 11.3. The Kier molecular flexibility index (Phi) is 5.35. The molecule has 4 heteroatoms. The highest BCUT2D eigenvalue weighted by atomic mass is 16.5. The van der Waals surface area contributed by atoms with Crippen molar-refractivity contribution in [3.63, 3.8) is 0 Å². The number of hydrogen-bond donors (Lipinski definition) is 1. The second-order valence-corrected chi connectivity index (χ2v) is 10.7. The zero-order valence-corrected chi connectivity index (χ0v) is 18.3. The molecule has 5 fully saturated rings. The van der Waals surface area contributed by atoms with Gasteiger partial charge in [0, 0.05) is 26.0 Å². The summed E-state index contributed by atoms with van der Waals surface area (Å²) in [7, 11) is 1.79. The first-order valence-electron chi connectivity index (χ1n) is 11.9. The molecule has 0 spiro atoms. The largest absolute Gasteiger partial charge is 0.385 e. The maximum atomic E-state index is 13.7. The molecule has 0 aliphatic heterocycles. The Morgan fingerprint density at radius 1 is 1.17 bits per heavy atom. The van der Waals surface area contributed by atoms with Gasteiger partial charge in [-0.25, -0.2) is 4.99 Å². The fraction of sp³-hybridized carbons (Fsp3) is 0.692. The number of rotatable bonds is 6. The number of benzene rings is 1. The Hall–Kier alpha value is -1.52. The Morgan fingerprint density at radius 3 is 2.67 bits per heavy atom. The lowest BCUT2D eigenvalue weighted by Gasteiger charge is -2.43. The number of methoxy groups -OCH3 is 1. The molecule has 4 bridgehead atoms. The van der Waals surface area contributed by atoms with Crippen LogP contribution in [-0.2, 0) is 14.9 Å². The first kappa shape index (κ1) is 20.4. The molecule has 0 saturated heterocycles. The minimum Gasteiger partial charge on any atom is -0.385 e. The van der Waals surface area contributed by atoms with Gasteiger partial charge in [-0.15, -0.1) is 0 Å². The number of nitrogens with two attached hydrogens (primary N) is 1. The van der Waals surface area contributed by atoms with Crippen LogP contribution in [0.15, 0.2) is 35.3 Å². The molecule has 1 amide bonds. The van der Waals surface area contributed by atoms with E-state index in [1.165, 1.54) is 12.0 Å². The van der Waals surface area contributed by atoms with E-state index in [0.717, 1.165) is 58.0 Å². The molecule has 1 aromatic rings. The van der Waals surface area contributed by atoms with Crippen LogP contribution in [-0.4, -0.2) is 31.9 Å². The number of nitrogens with zero attached hydrogens (tertiary/aromatic N) is 1. The van der Waals surface area contributed by atoms with E-state index in [4.69, 9.17) is 10.5 Å². The third-order valence-electron chi connectivity index (χ3n) is 9.06. The number of hydrogen-bond acceptors (Lipinski definition) is 3. The summed E-state index contributed by atoms with van der Waals surface area (Å²) in [5.74, 6) is 2.28. The van der Waals surface area contributed by atoms with Gasteiger partial charge < -0.3 is 10.5 Å². The molecule has 0 heterocycles. The Balaban J connectivity index is 1.41. The molecule has 1 aromatic carbocycles. The van der Waals surface area contributed by atoms with E-state index in [-0.39, 0.29) is 16.7 Å². The van der Waals surface area contributed by atoms with E-state index < -0.39 is 0 Å². The van der Waals surface area contributed by atoms with Crippen LogP contribution in [0, 0.1) is 29.1 Å². The van der Waals surface area contributed by atoms with E-state index in [1.54, 1.807) is 7.11 Å². The molecule has 5 saturated carbocycles. The van der Waals surface area contributed by atoms with Gasteiger partial charge in [-0.3, -0.25) is 4.79 Å².